The van der Waals surface area contributed by atoms with Gasteiger partial charge in [0.15, 0.2) is 12.4 Å². The van der Waals surface area contributed by atoms with E-state index in [0.717, 1.165) is 18.4 Å². The smallest absolute Gasteiger partial charge is 0.216 e. The largest absolute Gasteiger partial charge is 0.484 e. The van der Waals surface area contributed by atoms with Gasteiger partial charge in [-0.25, -0.2) is 0 Å². The summed E-state index contributed by atoms with van der Waals surface area (Å²) < 4.78 is 5.46. The third kappa shape index (κ3) is 5.78. The van der Waals surface area contributed by atoms with Crippen molar-refractivity contribution in [3.8, 4) is 11.8 Å². The number of hydrogen-bond donors (Lipinski definition) is 1. The molecule has 0 saturated carbocycles. The Balaban J connectivity index is 1.86. The van der Waals surface area contributed by atoms with E-state index in [1.165, 1.54) is 6.92 Å². The van der Waals surface area contributed by atoms with Crippen LogP contribution in [0.4, 0.5) is 0 Å². The first-order valence-corrected chi connectivity index (χ1v) is 8.08. The quantitative estimate of drug-likeness (QED) is 0.594. The lowest BCUT2D eigenvalue weighted by Crippen LogP contribution is -2.21. The summed E-state index contributed by atoms with van der Waals surface area (Å²) >= 11 is 0. The molecule has 0 aromatic heterocycles. The van der Waals surface area contributed by atoms with Crippen molar-refractivity contribution in [2.24, 2.45) is 0 Å². The molecule has 0 saturated heterocycles. The molecule has 2 aromatic rings. The maximum Gasteiger partial charge on any atom is 0.216 e. The number of benzene rings is 2. The fourth-order valence-corrected chi connectivity index (χ4v) is 2.33. The lowest BCUT2D eigenvalue weighted by molar-refractivity contribution is -0.118. The SMILES string of the molecule is CC(=O)NCCCc1ccc(C(=O)COc2ccccc2C#N)cc1. The molecule has 0 fully saturated rings. The summed E-state index contributed by atoms with van der Waals surface area (Å²) in [4.78, 5) is 23.0. The molecule has 0 aliphatic heterocycles. The van der Waals surface area contributed by atoms with Crippen molar-refractivity contribution < 1.29 is 14.3 Å². The molecule has 0 bridgehead atoms. The van der Waals surface area contributed by atoms with E-state index >= 15 is 0 Å². The van der Waals surface area contributed by atoms with Crippen molar-refractivity contribution in [1.29, 1.82) is 5.26 Å². The minimum atomic E-state index is -0.141. The molecule has 128 valence electrons. The lowest BCUT2D eigenvalue weighted by atomic mass is 10.1. The van der Waals surface area contributed by atoms with Crippen LogP contribution in [0, 0.1) is 11.3 Å². The number of nitrogens with one attached hydrogen (secondary N) is 1. The van der Waals surface area contributed by atoms with Crippen LogP contribution in [0.15, 0.2) is 48.5 Å². The van der Waals surface area contributed by atoms with E-state index in [1.807, 2.05) is 18.2 Å². The summed E-state index contributed by atoms with van der Waals surface area (Å²) in [6.45, 7) is 2.03. The molecule has 5 heteroatoms. The summed E-state index contributed by atoms with van der Waals surface area (Å²) in [7, 11) is 0. The lowest BCUT2D eigenvalue weighted by Gasteiger charge is -2.08. The van der Waals surface area contributed by atoms with Crippen molar-refractivity contribution in [3.63, 3.8) is 0 Å². The average molecular weight is 336 g/mol. The maximum absolute atomic E-state index is 12.2. The van der Waals surface area contributed by atoms with Crippen molar-refractivity contribution in [2.75, 3.05) is 13.2 Å². The fourth-order valence-electron chi connectivity index (χ4n) is 2.33. The van der Waals surface area contributed by atoms with Crippen LogP contribution in [0.2, 0.25) is 0 Å². The molecule has 0 atom stereocenters. The number of carbonyl (C=O) groups is 2. The molecule has 0 unspecified atom stereocenters. The van der Waals surface area contributed by atoms with Gasteiger partial charge in [-0.15, -0.1) is 0 Å². The minimum absolute atomic E-state index is 0.0288. The Labute approximate surface area is 147 Å². The second-order valence-corrected chi connectivity index (χ2v) is 5.60. The molecule has 1 amide bonds. The van der Waals surface area contributed by atoms with Gasteiger partial charge in [0.1, 0.15) is 11.8 Å². The normalized spacial score (nSPS) is 9.92. The molecule has 0 aliphatic rings. The number of ketones is 1. The Bertz CT molecular complexity index is 776. The van der Waals surface area contributed by atoms with Crippen molar-refractivity contribution in [3.05, 3.63) is 65.2 Å². The highest BCUT2D eigenvalue weighted by atomic mass is 16.5. The average Bonchev–Trinajstić information content (AvgIpc) is 2.64. The highest BCUT2D eigenvalue weighted by molar-refractivity contribution is 5.97. The molecule has 0 aliphatic carbocycles. The summed E-state index contributed by atoms with van der Waals surface area (Å²) in [6, 6.07) is 16.2. The molecule has 2 aromatic carbocycles. The fraction of sp³-hybridized carbons (Fsp3) is 0.250. The van der Waals surface area contributed by atoms with Crippen LogP contribution in [0.25, 0.3) is 0 Å². The number of nitrogens with zero attached hydrogens (tertiary/aromatic N) is 1. The highest BCUT2D eigenvalue weighted by Crippen LogP contribution is 2.17. The zero-order chi connectivity index (χ0) is 18.1. The first kappa shape index (κ1) is 18.2. The van der Waals surface area contributed by atoms with Gasteiger partial charge in [0, 0.05) is 19.0 Å². The summed E-state index contributed by atoms with van der Waals surface area (Å²) in [6.07, 6.45) is 1.68. The van der Waals surface area contributed by atoms with Crippen LogP contribution in [-0.4, -0.2) is 24.8 Å². The van der Waals surface area contributed by atoms with Crippen molar-refractivity contribution >= 4 is 11.7 Å². The third-order valence-corrected chi connectivity index (χ3v) is 3.66. The summed E-state index contributed by atoms with van der Waals surface area (Å²) in [5.74, 6) is 0.240. The van der Waals surface area contributed by atoms with Crippen LogP contribution >= 0.6 is 0 Å². The molecule has 5 nitrogen and oxygen atoms in total. The van der Waals surface area contributed by atoms with Gasteiger partial charge in [-0.05, 0) is 30.5 Å². The number of ether oxygens (including phenoxy) is 1. The number of hydrogen-bond acceptors (Lipinski definition) is 4. The number of amides is 1. The monoisotopic (exact) mass is 336 g/mol. The van der Waals surface area contributed by atoms with Crippen LogP contribution < -0.4 is 10.1 Å². The van der Waals surface area contributed by atoms with E-state index in [0.29, 0.717) is 23.4 Å². The maximum atomic E-state index is 12.2. The van der Waals surface area contributed by atoms with Gasteiger partial charge in [-0.2, -0.15) is 5.26 Å². The Hall–Kier alpha value is -3.13. The first-order chi connectivity index (χ1) is 12.1. The van der Waals surface area contributed by atoms with E-state index in [2.05, 4.69) is 5.32 Å². The molecule has 2 rings (SSSR count). The van der Waals surface area contributed by atoms with E-state index in [-0.39, 0.29) is 18.3 Å². The van der Waals surface area contributed by atoms with E-state index in [9.17, 15) is 9.59 Å². The second-order valence-electron chi connectivity index (χ2n) is 5.60. The Morgan fingerprint density at radius 2 is 1.84 bits per heavy atom. The Kier molecular flexibility index (Phi) is 6.73. The van der Waals surface area contributed by atoms with Gasteiger partial charge in [0.05, 0.1) is 5.56 Å². The number of carbonyl (C=O) groups excluding carboxylic acids is 2. The standard InChI is InChI=1S/C20H20N2O3/c1-15(23)22-12-4-5-16-8-10-17(11-9-16)19(24)14-25-20-7-3-2-6-18(20)13-21/h2-3,6-11H,4-5,12,14H2,1H3,(H,22,23). The Morgan fingerprint density at radius 1 is 1.12 bits per heavy atom. The van der Waals surface area contributed by atoms with E-state index in [4.69, 9.17) is 10.00 Å². The molecule has 1 N–H and O–H groups in total. The van der Waals surface area contributed by atoms with E-state index in [1.54, 1.807) is 36.4 Å². The number of Topliss-reactive ketones (excluding diaryl/α,β-unsaturated/α-hetero) is 1. The van der Waals surface area contributed by atoms with Gasteiger partial charge in [-0.3, -0.25) is 9.59 Å². The summed E-state index contributed by atoms with van der Waals surface area (Å²) in [5, 5.41) is 11.8. The number of para-hydroxylation sites is 1. The zero-order valence-corrected chi connectivity index (χ0v) is 14.1. The van der Waals surface area contributed by atoms with Crippen LogP contribution in [0.5, 0.6) is 5.75 Å². The molecular formula is C20H20N2O3. The first-order valence-electron chi connectivity index (χ1n) is 8.08. The molecule has 0 spiro atoms. The molecule has 0 radical (unpaired) electrons. The van der Waals surface area contributed by atoms with Gasteiger partial charge < -0.3 is 10.1 Å². The van der Waals surface area contributed by atoms with Crippen LogP contribution in [-0.2, 0) is 11.2 Å². The van der Waals surface area contributed by atoms with Crippen LogP contribution in [0.1, 0.15) is 34.8 Å². The molecule has 0 heterocycles. The van der Waals surface area contributed by atoms with Gasteiger partial charge in [0.25, 0.3) is 0 Å². The predicted molar refractivity (Wildman–Crippen MR) is 94.4 cm³/mol. The van der Waals surface area contributed by atoms with Crippen LogP contribution in [0.3, 0.4) is 0 Å². The zero-order valence-electron chi connectivity index (χ0n) is 14.1. The van der Waals surface area contributed by atoms with E-state index < -0.39 is 0 Å². The third-order valence-electron chi connectivity index (χ3n) is 3.66. The second kappa shape index (κ2) is 9.24. The van der Waals surface area contributed by atoms with Crippen molar-refractivity contribution in [1.82, 2.24) is 5.32 Å². The molecule has 25 heavy (non-hydrogen) atoms. The van der Waals surface area contributed by atoms with Gasteiger partial charge in [0.2, 0.25) is 5.91 Å². The Morgan fingerprint density at radius 3 is 2.52 bits per heavy atom. The number of nitriles is 1. The minimum Gasteiger partial charge on any atom is -0.484 e. The van der Waals surface area contributed by atoms with Gasteiger partial charge >= 0.3 is 0 Å². The number of aryl methyl sites for hydroxylation is 1. The van der Waals surface area contributed by atoms with Crippen molar-refractivity contribution in [2.45, 2.75) is 19.8 Å². The topological polar surface area (TPSA) is 79.2 Å². The summed E-state index contributed by atoms with van der Waals surface area (Å²) in [5.41, 5.74) is 2.09. The predicted octanol–water partition coefficient (Wildman–Crippen LogP) is 2.89. The highest BCUT2D eigenvalue weighted by Gasteiger charge is 2.09. The van der Waals surface area contributed by atoms with Gasteiger partial charge in [-0.1, -0.05) is 36.4 Å². The molecular weight excluding hydrogens is 316 g/mol. The number of rotatable bonds is 8.